The van der Waals surface area contributed by atoms with Crippen LogP contribution in [0.1, 0.15) is 5.56 Å². The third-order valence-corrected chi connectivity index (χ3v) is 2.04. The van der Waals surface area contributed by atoms with Crippen molar-refractivity contribution in [3.63, 3.8) is 0 Å². The Bertz CT molecular complexity index is 390. The molecule has 1 N–H and O–H groups in total. The molecular formula is C13H13NO. The van der Waals surface area contributed by atoms with Crippen LogP contribution in [0.2, 0.25) is 0 Å². The van der Waals surface area contributed by atoms with Gasteiger partial charge in [-0.05, 0) is 17.7 Å². The Balaban J connectivity index is 1.91. The van der Waals surface area contributed by atoms with Gasteiger partial charge in [0, 0.05) is 12.4 Å². The second-order valence-electron chi connectivity index (χ2n) is 3.21. The molecule has 76 valence electrons. The van der Waals surface area contributed by atoms with Crippen LogP contribution in [0.25, 0.3) is 0 Å². The average molecular weight is 199 g/mol. The van der Waals surface area contributed by atoms with E-state index in [1.807, 2.05) is 61.0 Å². The quantitative estimate of drug-likeness (QED) is 0.808. The van der Waals surface area contributed by atoms with E-state index in [4.69, 9.17) is 4.74 Å². The lowest BCUT2D eigenvalue weighted by Crippen LogP contribution is -1.97. The summed E-state index contributed by atoms with van der Waals surface area (Å²) < 4.78 is 5.62. The van der Waals surface area contributed by atoms with Crippen LogP contribution in [0.3, 0.4) is 0 Å². The van der Waals surface area contributed by atoms with E-state index >= 15 is 0 Å². The molecule has 2 nitrogen and oxygen atoms in total. The highest BCUT2D eigenvalue weighted by Gasteiger charge is 1.95. The highest BCUT2D eigenvalue weighted by Crippen LogP contribution is 2.07. The third-order valence-electron chi connectivity index (χ3n) is 2.04. The molecular weight excluding hydrogens is 186 g/mol. The van der Waals surface area contributed by atoms with Crippen molar-refractivity contribution in [3.05, 3.63) is 72.3 Å². The standard InChI is InChI=1S/C13H13NO/c1-2-6-12(7-3-1)11-15-13-8-4-5-9-14-10-13/h1-10,14H,11H2. The molecule has 0 spiro atoms. The molecule has 0 saturated heterocycles. The maximum atomic E-state index is 5.62. The van der Waals surface area contributed by atoms with Crippen molar-refractivity contribution in [1.82, 2.24) is 5.32 Å². The molecule has 1 aromatic carbocycles. The molecule has 1 heterocycles. The second kappa shape index (κ2) is 5.05. The van der Waals surface area contributed by atoms with Crippen molar-refractivity contribution in [3.8, 4) is 0 Å². The molecule has 0 bridgehead atoms. The minimum atomic E-state index is 0.596. The normalized spacial score (nSPS) is 14.0. The van der Waals surface area contributed by atoms with E-state index in [1.165, 1.54) is 5.56 Å². The first-order valence-corrected chi connectivity index (χ1v) is 4.91. The number of allylic oxidation sites excluding steroid dienone is 3. The van der Waals surface area contributed by atoms with Gasteiger partial charge in [-0.15, -0.1) is 0 Å². The van der Waals surface area contributed by atoms with Crippen molar-refractivity contribution in [2.24, 2.45) is 0 Å². The Morgan fingerprint density at radius 3 is 2.80 bits per heavy atom. The third kappa shape index (κ3) is 3.02. The first-order valence-electron chi connectivity index (χ1n) is 4.91. The predicted octanol–water partition coefficient (Wildman–Crippen LogP) is 2.72. The van der Waals surface area contributed by atoms with Gasteiger partial charge in [0.2, 0.25) is 0 Å². The molecule has 0 unspecified atom stereocenters. The van der Waals surface area contributed by atoms with Gasteiger partial charge in [0.1, 0.15) is 12.4 Å². The van der Waals surface area contributed by atoms with Crippen LogP contribution in [-0.2, 0) is 11.3 Å². The fourth-order valence-corrected chi connectivity index (χ4v) is 1.27. The van der Waals surface area contributed by atoms with Gasteiger partial charge in [-0.2, -0.15) is 0 Å². The van der Waals surface area contributed by atoms with Gasteiger partial charge >= 0.3 is 0 Å². The number of benzene rings is 1. The van der Waals surface area contributed by atoms with Gasteiger partial charge in [0.25, 0.3) is 0 Å². The lowest BCUT2D eigenvalue weighted by molar-refractivity contribution is 0.210. The Labute approximate surface area is 89.6 Å². The first-order chi connectivity index (χ1) is 7.45. The smallest absolute Gasteiger partial charge is 0.135 e. The van der Waals surface area contributed by atoms with Gasteiger partial charge in [-0.3, -0.25) is 0 Å². The zero-order valence-electron chi connectivity index (χ0n) is 8.39. The Morgan fingerprint density at radius 2 is 1.93 bits per heavy atom. The molecule has 2 heteroatoms. The van der Waals surface area contributed by atoms with E-state index in [-0.39, 0.29) is 0 Å². The molecule has 0 aromatic heterocycles. The minimum Gasteiger partial charge on any atom is -0.487 e. The summed E-state index contributed by atoms with van der Waals surface area (Å²) in [6.07, 6.45) is 9.49. The molecule has 0 saturated carbocycles. The summed E-state index contributed by atoms with van der Waals surface area (Å²) in [4.78, 5) is 0. The van der Waals surface area contributed by atoms with E-state index in [0.29, 0.717) is 6.61 Å². The Hall–Kier alpha value is -1.96. The fraction of sp³-hybridized carbons (Fsp3) is 0.0769. The van der Waals surface area contributed by atoms with Crippen LogP contribution >= 0.6 is 0 Å². The number of nitrogens with one attached hydrogen (secondary N) is 1. The predicted molar refractivity (Wildman–Crippen MR) is 60.7 cm³/mol. The van der Waals surface area contributed by atoms with Crippen LogP contribution in [0.5, 0.6) is 0 Å². The van der Waals surface area contributed by atoms with Crippen LogP contribution in [-0.4, -0.2) is 0 Å². The van der Waals surface area contributed by atoms with E-state index in [9.17, 15) is 0 Å². The zero-order valence-corrected chi connectivity index (χ0v) is 8.39. The van der Waals surface area contributed by atoms with Gasteiger partial charge in [-0.1, -0.05) is 36.4 Å². The molecule has 0 amide bonds. The van der Waals surface area contributed by atoms with Crippen LogP contribution in [0, 0.1) is 0 Å². The molecule has 15 heavy (non-hydrogen) atoms. The SMILES string of the molecule is C1=CNC=C(OCc2ccccc2)C=C1. The molecule has 0 radical (unpaired) electrons. The molecule has 1 aromatic rings. The number of hydrogen-bond acceptors (Lipinski definition) is 2. The monoisotopic (exact) mass is 199 g/mol. The van der Waals surface area contributed by atoms with Crippen LogP contribution < -0.4 is 5.32 Å². The highest BCUT2D eigenvalue weighted by atomic mass is 16.5. The lowest BCUT2D eigenvalue weighted by Gasteiger charge is -2.06. The topological polar surface area (TPSA) is 21.3 Å². The molecule has 0 aliphatic carbocycles. The van der Waals surface area contributed by atoms with Crippen molar-refractivity contribution in [1.29, 1.82) is 0 Å². The summed E-state index contributed by atoms with van der Waals surface area (Å²) in [7, 11) is 0. The lowest BCUT2D eigenvalue weighted by atomic mass is 10.2. The van der Waals surface area contributed by atoms with Gasteiger partial charge in [-0.25, -0.2) is 0 Å². The molecule has 0 fully saturated rings. The fourth-order valence-electron chi connectivity index (χ4n) is 1.27. The molecule has 2 rings (SSSR count). The highest BCUT2D eigenvalue weighted by molar-refractivity contribution is 5.21. The van der Waals surface area contributed by atoms with Crippen molar-refractivity contribution >= 4 is 0 Å². The van der Waals surface area contributed by atoms with Gasteiger partial charge in [0.15, 0.2) is 0 Å². The van der Waals surface area contributed by atoms with Gasteiger partial charge < -0.3 is 10.1 Å². The number of hydrogen-bond donors (Lipinski definition) is 1. The zero-order chi connectivity index (χ0) is 10.3. The summed E-state index contributed by atoms with van der Waals surface area (Å²) in [5.41, 5.74) is 1.17. The summed E-state index contributed by atoms with van der Waals surface area (Å²) in [6.45, 7) is 0.596. The van der Waals surface area contributed by atoms with Crippen LogP contribution in [0.4, 0.5) is 0 Å². The van der Waals surface area contributed by atoms with Crippen molar-refractivity contribution < 1.29 is 4.74 Å². The molecule has 1 aliphatic heterocycles. The van der Waals surface area contributed by atoms with Gasteiger partial charge in [0.05, 0.1) is 0 Å². The van der Waals surface area contributed by atoms with Crippen molar-refractivity contribution in [2.45, 2.75) is 6.61 Å². The molecule has 0 atom stereocenters. The van der Waals surface area contributed by atoms with E-state index in [1.54, 1.807) is 0 Å². The van der Waals surface area contributed by atoms with E-state index < -0.39 is 0 Å². The minimum absolute atomic E-state index is 0.596. The average Bonchev–Trinajstić information content (AvgIpc) is 2.56. The first kappa shape index (κ1) is 9.59. The summed E-state index contributed by atoms with van der Waals surface area (Å²) in [5, 5.41) is 3.00. The number of ether oxygens (including phenoxy) is 1. The molecule has 1 aliphatic rings. The van der Waals surface area contributed by atoms with Crippen molar-refractivity contribution in [2.75, 3.05) is 0 Å². The maximum Gasteiger partial charge on any atom is 0.135 e. The van der Waals surface area contributed by atoms with E-state index in [0.717, 1.165) is 5.76 Å². The largest absolute Gasteiger partial charge is 0.487 e. The Kier molecular flexibility index (Phi) is 3.23. The summed E-state index contributed by atoms with van der Waals surface area (Å²) >= 11 is 0. The van der Waals surface area contributed by atoms with Crippen LogP contribution in [0.15, 0.2) is 66.7 Å². The second-order valence-corrected chi connectivity index (χ2v) is 3.21. The van der Waals surface area contributed by atoms with E-state index in [2.05, 4.69) is 5.32 Å². The number of rotatable bonds is 3. The summed E-state index contributed by atoms with van der Waals surface area (Å²) in [5.74, 6) is 0.837. The maximum absolute atomic E-state index is 5.62. The summed E-state index contributed by atoms with van der Waals surface area (Å²) in [6, 6.07) is 10.1. The Morgan fingerprint density at radius 1 is 1.07 bits per heavy atom.